The molecule has 24 heavy (non-hydrogen) atoms. The fourth-order valence-electron chi connectivity index (χ4n) is 3.64. The number of amides is 1. The molecular weight excluding hydrogens is 308 g/mol. The van der Waals surface area contributed by atoms with E-state index in [9.17, 15) is 4.79 Å². The molecule has 0 unspecified atom stereocenters. The third-order valence-corrected chi connectivity index (χ3v) is 4.97. The van der Waals surface area contributed by atoms with Crippen molar-refractivity contribution in [2.45, 2.75) is 31.0 Å². The number of nitrogens with two attached hydrogens (primary N) is 1. The summed E-state index contributed by atoms with van der Waals surface area (Å²) in [6, 6.07) is 7.21. The summed E-state index contributed by atoms with van der Waals surface area (Å²) in [7, 11) is 1.70. The second-order valence-electron chi connectivity index (χ2n) is 6.40. The Morgan fingerprint density at radius 1 is 1.38 bits per heavy atom. The molecule has 2 N–H and O–H groups in total. The lowest BCUT2D eigenvalue weighted by Crippen LogP contribution is -2.57. The van der Waals surface area contributed by atoms with Gasteiger partial charge in [-0.1, -0.05) is 0 Å². The minimum Gasteiger partial charge on any atom is -0.492 e. The van der Waals surface area contributed by atoms with Crippen LogP contribution in [0.1, 0.15) is 29.6 Å². The predicted octanol–water partition coefficient (Wildman–Crippen LogP) is 1.43. The summed E-state index contributed by atoms with van der Waals surface area (Å²) >= 11 is 0. The van der Waals surface area contributed by atoms with Gasteiger partial charge >= 0.3 is 0 Å². The zero-order valence-corrected chi connectivity index (χ0v) is 14.2. The number of nitrogens with zero attached hydrogens (tertiary/aromatic N) is 1. The van der Waals surface area contributed by atoms with E-state index in [-0.39, 0.29) is 17.6 Å². The molecule has 2 fully saturated rings. The molecular formula is C18H26N2O4. The van der Waals surface area contributed by atoms with Crippen LogP contribution in [0.2, 0.25) is 0 Å². The maximum atomic E-state index is 12.8. The van der Waals surface area contributed by atoms with Gasteiger partial charge in [0.25, 0.3) is 5.91 Å². The lowest BCUT2D eigenvalue weighted by Gasteiger charge is -2.44. The van der Waals surface area contributed by atoms with E-state index >= 15 is 0 Å². The lowest BCUT2D eigenvalue weighted by atomic mass is 9.85. The Hall–Kier alpha value is -1.63. The Labute approximate surface area is 142 Å². The normalized spacial score (nSPS) is 26.8. The Balaban J connectivity index is 1.65. The SMILES string of the molecule is CO[C@H]1CN(C(=O)c2ccc(OCCN)cc2)CC[C@@]12CCCO2. The minimum absolute atomic E-state index is 0.0234. The number of likely N-dealkylation sites (tertiary alicyclic amines) is 1. The molecule has 0 aliphatic carbocycles. The van der Waals surface area contributed by atoms with Crippen molar-refractivity contribution in [2.75, 3.05) is 40.0 Å². The van der Waals surface area contributed by atoms with Crippen molar-refractivity contribution in [2.24, 2.45) is 5.73 Å². The number of carbonyl (C=O) groups is 1. The maximum Gasteiger partial charge on any atom is 0.253 e. The third-order valence-electron chi connectivity index (χ3n) is 4.97. The average Bonchev–Trinajstić information content (AvgIpc) is 3.09. The minimum atomic E-state index is -0.203. The number of hydrogen-bond donors (Lipinski definition) is 1. The zero-order chi connectivity index (χ0) is 17.0. The van der Waals surface area contributed by atoms with Crippen LogP contribution in [-0.4, -0.2) is 62.5 Å². The van der Waals surface area contributed by atoms with Crippen molar-refractivity contribution in [3.63, 3.8) is 0 Å². The van der Waals surface area contributed by atoms with Gasteiger partial charge in [-0.2, -0.15) is 0 Å². The van der Waals surface area contributed by atoms with E-state index in [1.807, 2.05) is 17.0 Å². The van der Waals surface area contributed by atoms with E-state index in [0.29, 0.717) is 31.8 Å². The molecule has 1 aromatic rings. The fraction of sp³-hybridized carbons (Fsp3) is 0.611. The molecule has 0 radical (unpaired) electrons. The lowest BCUT2D eigenvalue weighted by molar-refractivity contribution is -0.136. The highest BCUT2D eigenvalue weighted by atomic mass is 16.6. The highest BCUT2D eigenvalue weighted by molar-refractivity contribution is 5.94. The quantitative estimate of drug-likeness (QED) is 0.882. The number of methoxy groups -OCH3 is 1. The second kappa shape index (κ2) is 7.51. The Kier molecular flexibility index (Phi) is 5.38. The Bertz CT molecular complexity index is 555. The smallest absolute Gasteiger partial charge is 0.253 e. The summed E-state index contributed by atoms with van der Waals surface area (Å²) in [6.07, 6.45) is 2.85. The monoisotopic (exact) mass is 334 g/mol. The summed E-state index contributed by atoms with van der Waals surface area (Å²) in [5.41, 5.74) is 5.88. The average molecular weight is 334 g/mol. The van der Waals surface area contributed by atoms with Gasteiger partial charge in [-0.25, -0.2) is 0 Å². The van der Waals surface area contributed by atoms with Gasteiger partial charge in [0.05, 0.1) is 5.60 Å². The van der Waals surface area contributed by atoms with Crippen molar-refractivity contribution in [3.8, 4) is 5.75 Å². The van der Waals surface area contributed by atoms with Gasteiger partial charge in [-0.05, 0) is 43.5 Å². The fourth-order valence-corrected chi connectivity index (χ4v) is 3.64. The summed E-state index contributed by atoms with van der Waals surface area (Å²) in [6.45, 7) is 3.00. The molecule has 1 amide bonds. The molecule has 0 saturated carbocycles. The molecule has 2 aliphatic heterocycles. The molecule has 1 spiro atoms. The molecule has 132 valence electrons. The summed E-state index contributed by atoms with van der Waals surface area (Å²) in [5, 5.41) is 0. The molecule has 3 rings (SSSR count). The number of ether oxygens (including phenoxy) is 3. The standard InChI is InChI=1S/C18H26N2O4/c1-22-16-13-20(10-8-18(16)7-2-11-24-18)17(21)14-3-5-15(6-4-14)23-12-9-19/h3-6,16H,2,7-13,19H2,1H3/t16-,18-/m0/s1. The van der Waals surface area contributed by atoms with Gasteiger partial charge in [0, 0.05) is 38.9 Å². The van der Waals surface area contributed by atoms with Crippen LogP contribution in [0, 0.1) is 0 Å². The molecule has 6 heteroatoms. The summed E-state index contributed by atoms with van der Waals surface area (Å²) in [5.74, 6) is 0.749. The van der Waals surface area contributed by atoms with E-state index in [4.69, 9.17) is 19.9 Å². The topological polar surface area (TPSA) is 74.0 Å². The van der Waals surface area contributed by atoms with Gasteiger partial charge in [0.1, 0.15) is 18.5 Å². The highest BCUT2D eigenvalue weighted by Crippen LogP contribution is 2.37. The van der Waals surface area contributed by atoms with E-state index in [1.54, 1.807) is 19.2 Å². The summed E-state index contributed by atoms with van der Waals surface area (Å²) < 4.78 is 17.1. The van der Waals surface area contributed by atoms with Crippen molar-refractivity contribution in [3.05, 3.63) is 29.8 Å². The van der Waals surface area contributed by atoms with Crippen LogP contribution < -0.4 is 10.5 Å². The molecule has 0 bridgehead atoms. The molecule has 2 atom stereocenters. The largest absolute Gasteiger partial charge is 0.492 e. The zero-order valence-electron chi connectivity index (χ0n) is 14.2. The van der Waals surface area contributed by atoms with E-state index < -0.39 is 0 Å². The molecule has 0 aromatic heterocycles. The predicted molar refractivity (Wildman–Crippen MR) is 90.2 cm³/mol. The third kappa shape index (κ3) is 3.41. The van der Waals surface area contributed by atoms with E-state index in [0.717, 1.165) is 31.6 Å². The van der Waals surface area contributed by atoms with E-state index in [1.165, 1.54) is 0 Å². The number of benzene rings is 1. The summed E-state index contributed by atoms with van der Waals surface area (Å²) in [4.78, 5) is 14.6. The van der Waals surface area contributed by atoms with Crippen molar-refractivity contribution >= 4 is 5.91 Å². The van der Waals surface area contributed by atoms with Crippen LogP contribution in [0.25, 0.3) is 0 Å². The highest BCUT2D eigenvalue weighted by Gasteiger charge is 2.47. The van der Waals surface area contributed by atoms with Crippen LogP contribution in [0.4, 0.5) is 0 Å². The van der Waals surface area contributed by atoms with Gasteiger partial charge in [0.2, 0.25) is 0 Å². The first-order chi connectivity index (χ1) is 11.7. The first-order valence-corrected chi connectivity index (χ1v) is 8.57. The van der Waals surface area contributed by atoms with Crippen molar-refractivity contribution in [1.82, 2.24) is 4.90 Å². The molecule has 2 saturated heterocycles. The first kappa shape index (κ1) is 17.2. The van der Waals surface area contributed by atoms with Crippen molar-refractivity contribution < 1.29 is 19.0 Å². The molecule has 2 heterocycles. The molecule has 2 aliphatic rings. The second-order valence-corrected chi connectivity index (χ2v) is 6.40. The Morgan fingerprint density at radius 3 is 2.79 bits per heavy atom. The van der Waals surface area contributed by atoms with Crippen LogP contribution in [-0.2, 0) is 9.47 Å². The number of hydrogen-bond acceptors (Lipinski definition) is 5. The van der Waals surface area contributed by atoms with Crippen molar-refractivity contribution in [1.29, 1.82) is 0 Å². The van der Waals surface area contributed by atoms with Crippen LogP contribution >= 0.6 is 0 Å². The van der Waals surface area contributed by atoms with Gasteiger partial charge in [0.15, 0.2) is 0 Å². The van der Waals surface area contributed by atoms with Crippen LogP contribution in [0.15, 0.2) is 24.3 Å². The number of carbonyl (C=O) groups excluding carboxylic acids is 1. The Morgan fingerprint density at radius 2 is 2.17 bits per heavy atom. The van der Waals surface area contributed by atoms with Gasteiger partial charge in [-0.3, -0.25) is 4.79 Å². The van der Waals surface area contributed by atoms with E-state index in [2.05, 4.69) is 0 Å². The number of piperidine rings is 1. The van der Waals surface area contributed by atoms with Crippen LogP contribution in [0.3, 0.4) is 0 Å². The van der Waals surface area contributed by atoms with Gasteiger partial charge in [-0.15, -0.1) is 0 Å². The van der Waals surface area contributed by atoms with Gasteiger partial charge < -0.3 is 24.8 Å². The maximum absolute atomic E-state index is 12.8. The molecule has 1 aromatic carbocycles. The van der Waals surface area contributed by atoms with Crippen LogP contribution in [0.5, 0.6) is 5.75 Å². The number of rotatable bonds is 5. The first-order valence-electron chi connectivity index (χ1n) is 8.57. The molecule has 6 nitrogen and oxygen atoms in total.